The molecule has 5 nitrogen and oxygen atoms in total. The Balaban J connectivity index is 1.74. The van der Waals surface area contributed by atoms with Crippen molar-refractivity contribution in [3.8, 4) is 11.5 Å². The molecule has 1 aliphatic heterocycles. The number of hydrogen-bond acceptors (Lipinski definition) is 4. The van der Waals surface area contributed by atoms with Crippen LogP contribution in [0.4, 0.5) is 5.69 Å². The number of benzene rings is 2. The van der Waals surface area contributed by atoms with Gasteiger partial charge >= 0.3 is 0 Å². The molecule has 1 N–H and O–H groups in total. The van der Waals surface area contributed by atoms with Crippen molar-refractivity contribution in [1.82, 2.24) is 4.90 Å². The average molecular weight is 466 g/mol. The SMILES string of the molecule is COc1ccc(OC)c([C@@H]2CCCN2CC(=O)Nc2ccccc2I)c1. The highest BCUT2D eigenvalue weighted by atomic mass is 127. The van der Waals surface area contributed by atoms with Crippen molar-refractivity contribution in [3.05, 3.63) is 51.6 Å². The number of carbonyl (C=O) groups excluding carboxylic acids is 1. The van der Waals surface area contributed by atoms with Crippen LogP contribution in [-0.2, 0) is 4.79 Å². The van der Waals surface area contributed by atoms with Crippen molar-refractivity contribution in [2.45, 2.75) is 18.9 Å². The number of carbonyl (C=O) groups is 1. The zero-order chi connectivity index (χ0) is 18.5. The minimum atomic E-state index is 0.00267. The molecule has 1 aliphatic rings. The van der Waals surface area contributed by atoms with Crippen LogP contribution in [0.5, 0.6) is 11.5 Å². The van der Waals surface area contributed by atoms with E-state index >= 15 is 0 Å². The zero-order valence-corrected chi connectivity index (χ0v) is 17.2. The third kappa shape index (κ3) is 4.29. The van der Waals surface area contributed by atoms with Crippen molar-refractivity contribution in [2.75, 3.05) is 32.6 Å². The number of rotatable bonds is 6. The first-order chi connectivity index (χ1) is 12.6. The summed E-state index contributed by atoms with van der Waals surface area (Å²) in [6, 6.07) is 13.8. The predicted molar refractivity (Wildman–Crippen MR) is 111 cm³/mol. The van der Waals surface area contributed by atoms with E-state index in [4.69, 9.17) is 9.47 Å². The van der Waals surface area contributed by atoms with Crippen molar-refractivity contribution < 1.29 is 14.3 Å². The summed E-state index contributed by atoms with van der Waals surface area (Å²) < 4.78 is 11.9. The highest BCUT2D eigenvalue weighted by molar-refractivity contribution is 14.1. The molecule has 1 atom stereocenters. The van der Waals surface area contributed by atoms with Gasteiger partial charge in [-0.1, -0.05) is 12.1 Å². The fraction of sp³-hybridized carbons (Fsp3) is 0.350. The number of nitrogens with zero attached hydrogens (tertiary/aromatic N) is 1. The molecule has 1 heterocycles. The fourth-order valence-corrected chi connectivity index (χ4v) is 3.93. The molecule has 1 saturated heterocycles. The fourth-order valence-electron chi connectivity index (χ4n) is 3.40. The number of nitrogens with one attached hydrogen (secondary N) is 1. The third-order valence-electron chi connectivity index (χ3n) is 4.65. The monoisotopic (exact) mass is 466 g/mol. The summed E-state index contributed by atoms with van der Waals surface area (Å²) in [6.45, 7) is 1.25. The summed E-state index contributed by atoms with van der Waals surface area (Å²) in [6.07, 6.45) is 2.06. The molecule has 6 heteroatoms. The van der Waals surface area contributed by atoms with Crippen LogP contribution in [0.1, 0.15) is 24.4 Å². The lowest BCUT2D eigenvalue weighted by Gasteiger charge is -2.26. The third-order valence-corrected chi connectivity index (χ3v) is 5.59. The highest BCUT2D eigenvalue weighted by Crippen LogP contribution is 2.38. The number of halogens is 1. The maximum Gasteiger partial charge on any atom is 0.238 e. The molecule has 0 radical (unpaired) electrons. The minimum Gasteiger partial charge on any atom is -0.497 e. The van der Waals surface area contributed by atoms with Crippen LogP contribution < -0.4 is 14.8 Å². The van der Waals surface area contributed by atoms with E-state index in [0.717, 1.165) is 45.7 Å². The van der Waals surface area contributed by atoms with Gasteiger partial charge in [0.15, 0.2) is 0 Å². The number of methoxy groups -OCH3 is 2. The molecule has 26 heavy (non-hydrogen) atoms. The lowest BCUT2D eigenvalue weighted by molar-refractivity contribution is -0.117. The molecule has 0 unspecified atom stereocenters. The number of ether oxygens (including phenoxy) is 2. The molecule has 1 fully saturated rings. The Morgan fingerprint density at radius 1 is 1.23 bits per heavy atom. The van der Waals surface area contributed by atoms with Gasteiger partial charge in [0.25, 0.3) is 0 Å². The van der Waals surface area contributed by atoms with E-state index in [2.05, 4.69) is 32.8 Å². The van der Waals surface area contributed by atoms with Crippen LogP contribution in [0.25, 0.3) is 0 Å². The summed E-state index contributed by atoms with van der Waals surface area (Å²) in [5.41, 5.74) is 1.93. The second-order valence-electron chi connectivity index (χ2n) is 6.26. The minimum absolute atomic E-state index is 0.00267. The van der Waals surface area contributed by atoms with Gasteiger partial charge in [0.2, 0.25) is 5.91 Å². The Kier molecular flexibility index (Phi) is 6.37. The molecule has 2 aromatic rings. The summed E-state index contributed by atoms with van der Waals surface area (Å²) in [5.74, 6) is 1.64. The molecule has 0 aromatic heterocycles. The van der Waals surface area contributed by atoms with Crippen LogP contribution >= 0.6 is 22.6 Å². The van der Waals surface area contributed by atoms with Crippen LogP contribution in [0, 0.1) is 3.57 Å². The first-order valence-corrected chi connectivity index (χ1v) is 9.70. The molecule has 0 saturated carbocycles. The van der Waals surface area contributed by atoms with E-state index in [1.165, 1.54) is 0 Å². The first kappa shape index (κ1) is 19.0. The van der Waals surface area contributed by atoms with Gasteiger partial charge in [-0.05, 0) is 72.3 Å². The average Bonchev–Trinajstić information content (AvgIpc) is 3.10. The van der Waals surface area contributed by atoms with Crippen LogP contribution in [0.15, 0.2) is 42.5 Å². The van der Waals surface area contributed by atoms with E-state index in [9.17, 15) is 4.79 Å². The summed E-state index contributed by atoms with van der Waals surface area (Å²) in [4.78, 5) is 14.8. The molecule has 2 aromatic carbocycles. The first-order valence-electron chi connectivity index (χ1n) is 8.62. The number of likely N-dealkylation sites (tertiary alicyclic amines) is 1. The molecular weight excluding hydrogens is 443 g/mol. The molecule has 0 spiro atoms. The summed E-state index contributed by atoms with van der Waals surface area (Å²) in [5, 5.41) is 3.02. The maximum atomic E-state index is 12.6. The second kappa shape index (κ2) is 8.73. The summed E-state index contributed by atoms with van der Waals surface area (Å²) in [7, 11) is 3.33. The van der Waals surface area contributed by atoms with E-state index in [-0.39, 0.29) is 11.9 Å². The molecule has 1 amide bonds. The van der Waals surface area contributed by atoms with Gasteiger partial charge in [0.1, 0.15) is 11.5 Å². The van der Waals surface area contributed by atoms with Gasteiger partial charge in [-0.2, -0.15) is 0 Å². The van der Waals surface area contributed by atoms with Gasteiger partial charge in [0, 0.05) is 15.2 Å². The van der Waals surface area contributed by atoms with Gasteiger partial charge in [-0.15, -0.1) is 0 Å². The van der Waals surface area contributed by atoms with E-state index in [1.807, 2.05) is 42.5 Å². The Morgan fingerprint density at radius 3 is 2.77 bits per heavy atom. The Bertz CT molecular complexity index is 781. The largest absolute Gasteiger partial charge is 0.497 e. The molecule has 0 aliphatic carbocycles. The predicted octanol–water partition coefficient (Wildman–Crippen LogP) is 4.08. The second-order valence-corrected chi connectivity index (χ2v) is 7.43. The van der Waals surface area contributed by atoms with Gasteiger partial charge in [-0.3, -0.25) is 9.69 Å². The van der Waals surface area contributed by atoms with E-state index < -0.39 is 0 Å². The quantitative estimate of drug-likeness (QED) is 0.652. The summed E-state index contributed by atoms with van der Waals surface area (Å²) >= 11 is 2.23. The zero-order valence-electron chi connectivity index (χ0n) is 15.0. The maximum absolute atomic E-state index is 12.6. The van der Waals surface area contributed by atoms with Crippen molar-refractivity contribution >= 4 is 34.2 Å². The van der Waals surface area contributed by atoms with Crippen LogP contribution in [0.2, 0.25) is 0 Å². The normalized spacial score (nSPS) is 17.1. The highest BCUT2D eigenvalue weighted by Gasteiger charge is 2.30. The van der Waals surface area contributed by atoms with Gasteiger partial charge in [-0.25, -0.2) is 0 Å². The Morgan fingerprint density at radius 2 is 2.04 bits per heavy atom. The number of anilines is 1. The lowest BCUT2D eigenvalue weighted by atomic mass is 10.0. The van der Waals surface area contributed by atoms with E-state index in [1.54, 1.807) is 14.2 Å². The molecule has 0 bridgehead atoms. The standard InChI is InChI=1S/C20H23IN2O3/c1-25-14-9-10-19(26-2)15(12-14)18-8-5-11-23(18)13-20(24)22-17-7-4-3-6-16(17)21/h3-4,6-7,9-10,12,18H,5,8,11,13H2,1-2H3,(H,22,24)/t18-/m0/s1. The molecular formula is C20H23IN2O3. The topological polar surface area (TPSA) is 50.8 Å². The van der Waals surface area contributed by atoms with Crippen LogP contribution in [-0.4, -0.2) is 38.1 Å². The number of hydrogen-bond donors (Lipinski definition) is 1. The Hall–Kier alpha value is -1.80. The van der Waals surface area contributed by atoms with E-state index in [0.29, 0.717) is 6.54 Å². The lowest BCUT2D eigenvalue weighted by Crippen LogP contribution is -2.33. The van der Waals surface area contributed by atoms with Crippen molar-refractivity contribution in [1.29, 1.82) is 0 Å². The smallest absolute Gasteiger partial charge is 0.238 e. The number of para-hydroxylation sites is 1. The Labute approximate surface area is 167 Å². The number of amides is 1. The van der Waals surface area contributed by atoms with Gasteiger partial charge in [0.05, 0.1) is 26.5 Å². The van der Waals surface area contributed by atoms with Crippen molar-refractivity contribution in [3.63, 3.8) is 0 Å². The van der Waals surface area contributed by atoms with Gasteiger partial charge < -0.3 is 14.8 Å². The molecule has 138 valence electrons. The van der Waals surface area contributed by atoms with Crippen LogP contribution in [0.3, 0.4) is 0 Å². The molecule has 3 rings (SSSR count). The van der Waals surface area contributed by atoms with Crippen molar-refractivity contribution in [2.24, 2.45) is 0 Å².